The standard InChI is InChI=1S/C15H17N/c1-10-5-6-15(16-9-10)14-8-12(3)11(2)7-13(14)4/h5-9H,1-4H3. The molecule has 0 N–H and O–H groups in total. The molecule has 1 heteroatoms. The zero-order valence-electron chi connectivity index (χ0n) is 10.3. The minimum Gasteiger partial charge on any atom is -0.256 e. The molecule has 0 aliphatic heterocycles. The Labute approximate surface area is 97.2 Å². The van der Waals surface area contributed by atoms with Gasteiger partial charge in [0.1, 0.15) is 0 Å². The lowest BCUT2D eigenvalue weighted by Gasteiger charge is -2.09. The van der Waals surface area contributed by atoms with Gasteiger partial charge in [0.25, 0.3) is 0 Å². The average Bonchev–Trinajstić information content (AvgIpc) is 2.25. The highest BCUT2D eigenvalue weighted by molar-refractivity contribution is 5.65. The largest absolute Gasteiger partial charge is 0.256 e. The lowest BCUT2D eigenvalue weighted by molar-refractivity contribution is 1.24. The van der Waals surface area contributed by atoms with Crippen LogP contribution in [0.5, 0.6) is 0 Å². The number of rotatable bonds is 1. The number of aryl methyl sites for hydroxylation is 4. The summed E-state index contributed by atoms with van der Waals surface area (Å²) < 4.78 is 0. The number of benzene rings is 1. The van der Waals surface area contributed by atoms with Gasteiger partial charge in [-0.25, -0.2) is 0 Å². The van der Waals surface area contributed by atoms with Crippen molar-refractivity contribution in [3.05, 3.63) is 52.7 Å². The van der Waals surface area contributed by atoms with Crippen molar-refractivity contribution in [1.29, 1.82) is 0 Å². The van der Waals surface area contributed by atoms with Crippen LogP contribution in [-0.4, -0.2) is 4.98 Å². The maximum absolute atomic E-state index is 4.48. The Bertz CT molecular complexity index is 510. The SMILES string of the molecule is Cc1ccc(-c2cc(C)c(C)cc2C)nc1. The van der Waals surface area contributed by atoms with Gasteiger partial charge in [-0.1, -0.05) is 12.1 Å². The lowest BCUT2D eigenvalue weighted by atomic mass is 9.98. The fourth-order valence-corrected chi connectivity index (χ4v) is 1.86. The Morgan fingerprint density at radius 3 is 2.12 bits per heavy atom. The maximum Gasteiger partial charge on any atom is 0.0704 e. The van der Waals surface area contributed by atoms with E-state index >= 15 is 0 Å². The van der Waals surface area contributed by atoms with Crippen molar-refractivity contribution >= 4 is 0 Å². The van der Waals surface area contributed by atoms with Crippen molar-refractivity contribution in [2.24, 2.45) is 0 Å². The van der Waals surface area contributed by atoms with Crippen LogP contribution in [-0.2, 0) is 0 Å². The molecule has 1 aromatic carbocycles. The molecule has 0 fully saturated rings. The fraction of sp³-hybridized carbons (Fsp3) is 0.267. The minimum absolute atomic E-state index is 1.06. The summed E-state index contributed by atoms with van der Waals surface area (Å²) >= 11 is 0. The highest BCUT2D eigenvalue weighted by Crippen LogP contribution is 2.24. The number of hydrogen-bond acceptors (Lipinski definition) is 1. The first-order chi connectivity index (χ1) is 7.58. The smallest absolute Gasteiger partial charge is 0.0704 e. The zero-order chi connectivity index (χ0) is 11.7. The molecule has 0 atom stereocenters. The Balaban J connectivity index is 2.56. The van der Waals surface area contributed by atoms with Crippen molar-refractivity contribution in [2.45, 2.75) is 27.7 Å². The molecule has 0 bridgehead atoms. The highest BCUT2D eigenvalue weighted by atomic mass is 14.7. The second-order valence-corrected chi connectivity index (χ2v) is 4.47. The molecule has 1 heterocycles. The molecule has 0 unspecified atom stereocenters. The summed E-state index contributed by atoms with van der Waals surface area (Å²) in [6.45, 7) is 8.49. The van der Waals surface area contributed by atoms with E-state index in [9.17, 15) is 0 Å². The van der Waals surface area contributed by atoms with Gasteiger partial charge < -0.3 is 0 Å². The fourth-order valence-electron chi connectivity index (χ4n) is 1.86. The summed E-state index contributed by atoms with van der Waals surface area (Å²) in [6, 6.07) is 8.65. The number of hydrogen-bond donors (Lipinski definition) is 0. The number of aromatic nitrogens is 1. The van der Waals surface area contributed by atoms with E-state index in [-0.39, 0.29) is 0 Å². The Morgan fingerprint density at radius 2 is 1.50 bits per heavy atom. The lowest BCUT2D eigenvalue weighted by Crippen LogP contribution is -1.91. The van der Waals surface area contributed by atoms with Crippen LogP contribution in [0, 0.1) is 27.7 Å². The van der Waals surface area contributed by atoms with Gasteiger partial charge in [-0.3, -0.25) is 4.98 Å². The van der Waals surface area contributed by atoms with Crippen molar-refractivity contribution in [3.8, 4) is 11.3 Å². The van der Waals surface area contributed by atoms with Crippen molar-refractivity contribution in [2.75, 3.05) is 0 Å². The summed E-state index contributed by atoms with van der Waals surface area (Å²) in [5, 5.41) is 0. The maximum atomic E-state index is 4.48. The van der Waals surface area contributed by atoms with Gasteiger partial charge in [0.05, 0.1) is 5.69 Å². The van der Waals surface area contributed by atoms with E-state index in [1.807, 2.05) is 6.20 Å². The zero-order valence-corrected chi connectivity index (χ0v) is 10.3. The van der Waals surface area contributed by atoms with Crippen LogP contribution >= 0.6 is 0 Å². The molecule has 0 saturated heterocycles. The summed E-state index contributed by atoms with van der Waals surface area (Å²) in [7, 11) is 0. The first-order valence-corrected chi connectivity index (χ1v) is 5.59. The molecule has 0 radical (unpaired) electrons. The molecule has 82 valence electrons. The van der Waals surface area contributed by atoms with E-state index in [1.54, 1.807) is 0 Å². The summed E-state index contributed by atoms with van der Waals surface area (Å²) in [5.74, 6) is 0. The summed E-state index contributed by atoms with van der Waals surface area (Å²) in [4.78, 5) is 4.48. The minimum atomic E-state index is 1.06. The molecular weight excluding hydrogens is 194 g/mol. The van der Waals surface area contributed by atoms with Crippen LogP contribution in [0.25, 0.3) is 11.3 Å². The molecule has 1 nitrogen and oxygen atoms in total. The van der Waals surface area contributed by atoms with E-state index in [2.05, 4.69) is 56.9 Å². The molecule has 0 spiro atoms. The summed E-state index contributed by atoms with van der Waals surface area (Å²) in [5.41, 5.74) is 7.45. The Morgan fingerprint density at radius 1 is 0.812 bits per heavy atom. The van der Waals surface area contributed by atoms with Crippen LogP contribution in [0.15, 0.2) is 30.5 Å². The normalized spacial score (nSPS) is 10.5. The molecule has 2 aromatic rings. The van der Waals surface area contributed by atoms with E-state index in [0.717, 1.165) is 5.69 Å². The quantitative estimate of drug-likeness (QED) is 0.695. The van der Waals surface area contributed by atoms with Crippen molar-refractivity contribution < 1.29 is 0 Å². The van der Waals surface area contributed by atoms with Crippen LogP contribution in [0.2, 0.25) is 0 Å². The third-order valence-corrected chi connectivity index (χ3v) is 3.03. The molecule has 0 amide bonds. The van der Waals surface area contributed by atoms with Gasteiger partial charge in [-0.05, 0) is 62.1 Å². The van der Waals surface area contributed by atoms with Gasteiger partial charge >= 0.3 is 0 Å². The molecule has 0 aliphatic rings. The first-order valence-electron chi connectivity index (χ1n) is 5.59. The van der Waals surface area contributed by atoms with Gasteiger partial charge in [0.15, 0.2) is 0 Å². The van der Waals surface area contributed by atoms with Gasteiger partial charge in [-0.15, -0.1) is 0 Å². The van der Waals surface area contributed by atoms with E-state index in [1.165, 1.54) is 27.8 Å². The molecule has 1 aromatic heterocycles. The van der Waals surface area contributed by atoms with Crippen molar-refractivity contribution in [1.82, 2.24) is 4.98 Å². The van der Waals surface area contributed by atoms with Gasteiger partial charge in [0.2, 0.25) is 0 Å². The van der Waals surface area contributed by atoms with Crippen LogP contribution < -0.4 is 0 Å². The summed E-state index contributed by atoms with van der Waals surface area (Å²) in [6.07, 6.45) is 1.92. The van der Waals surface area contributed by atoms with Gasteiger partial charge in [0, 0.05) is 11.8 Å². The van der Waals surface area contributed by atoms with E-state index in [0.29, 0.717) is 0 Å². The molecule has 0 saturated carbocycles. The van der Waals surface area contributed by atoms with Gasteiger partial charge in [-0.2, -0.15) is 0 Å². The molecular formula is C15H17N. The third-order valence-electron chi connectivity index (χ3n) is 3.03. The van der Waals surface area contributed by atoms with Crippen LogP contribution in [0.1, 0.15) is 22.3 Å². The topological polar surface area (TPSA) is 12.9 Å². The molecule has 2 rings (SSSR count). The van der Waals surface area contributed by atoms with Crippen LogP contribution in [0.3, 0.4) is 0 Å². The predicted octanol–water partition coefficient (Wildman–Crippen LogP) is 3.98. The predicted molar refractivity (Wildman–Crippen MR) is 68.6 cm³/mol. The third kappa shape index (κ3) is 1.99. The Kier molecular flexibility index (Phi) is 2.78. The second-order valence-electron chi connectivity index (χ2n) is 4.47. The monoisotopic (exact) mass is 211 g/mol. The highest BCUT2D eigenvalue weighted by Gasteiger charge is 2.05. The van der Waals surface area contributed by atoms with Crippen molar-refractivity contribution in [3.63, 3.8) is 0 Å². The average molecular weight is 211 g/mol. The number of nitrogens with zero attached hydrogens (tertiary/aromatic N) is 1. The number of pyridine rings is 1. The van der Waals surface area contributed by atoms with E-state index in [4.69, 9.17) is 0 Å². The Hall–Kier alpha value is -1.63. The second kappa shape index (κ2) is 4.09. The first kappa shape index (κ1) is 10.9. The van der Waals surface area contributed by atoms with Crippen LogP contribution in [0.4, 0.5) is 0 Å². The molecule has 16 heavy (non-hydrogen) atoms. The van der Waals surface area contributed by atoms with E-state index < -0.39 is 0 Å². The molecule has 0 aliphatic carbocycles.